The largest absolute Gasteiger partial charge is 0.354 e. The number of nitrogens with two attached hydrogens (primary N) is 1. The standard InChI is InChI=1S/C14H27N3O2.ClH/c1-14(2,3)13(19)17-8-7-16-12(18)9-10-5-4-6-11(10)15;/h10-11H,4-9,15H2,1-3H3,(H,16,18)(H,17,19);1H/t10-,11+;/m0./s1. The fourth-order valence-electron chi connectivity index (χ4n) is 2.27. The summed E-state index contributed by atoms with van der Waals surface area (Å²) in [6.45, 7) is 6.54. The molecule has 4 N–H and O–H groups in total. The average molecular weight is 306 g/mol. The molecule has 2 atom stereocenters. The lowest BCUT2D eigenvalue weighted by Gasteiger charge is -2.18. The van der Waals surface area contributed by atoms with Crippen LogP contribution in [0.3, 0.4) is 0 Å². The molecule has 1 rings (SSSR count). The van der Waals surface area contributed by atoms with Gasteiger partial charge in [0.1, 0.15) is 0 Å². The van der Waals surface area contributed by atoms with Crippen molar-refractivity contribution in [2.75, 3.05) is 13.1 Å². The Morgan fingerprint density at radius 3 is 2.25 bits per heavy atom. The Morgan fingerprint density at radius 1 is 1.15 bits per heavy atom. The number of halogens is 1. The molecule has 2 amide bonds. The number of carbonyl (C=O) groups is 2. The van der Waals surface area contributed by atoms with E-state index in [0.29, 0.717) is 25.4 Å². The SMILES string of the molecule is CC(C)(C)C(=O)NCCNC(=O)C[C@@H]1CCC[C@H]1N.Cl. The fourth-order valence-corrected chi connectivity index (χ4v) is 2.27. The number of carbonyl (C=O) groups excluding carboxylic acids is 2. The van der Waals surface area contributed by atoms with E-state index in [-0.39, 0.29) is 35.7 Å². The zero-order valence-corrected chi connectivity index (χ0v) is 13.5. The maximum atomic E-state index is 11.7. The predicted molar refractivity (Wildman–Crippen MR) is 82.7 cm³/mol. The summed E-state index contributed by atoms with van der Waals surface area (Å²) in [7, 11) is 0. The molecule has 0 spiro atoms. The second-order valence-corrected chi connectivity index (χ2v) is 6.41. The fraction of sp³-hybridized carbons (Fsp3) is 0.857. The Morgan fingerprint density at radius 2 is 1.75 bits per heavy atom. The van der Waals surface area contributed by atoms with Crippen molar-refractivity contribution in [2.24, 2.45) is 17.1 Å². The van der Waals surface area contributed by atoms with Gasteiger partial charge in [-0.05, 0) is 18.8 Å². The second kappa shape index (κ2) is 8.47. The number of hydrogen-bond donors (Lipinski definition) is 3. The molecule has 6 heteroatoms. The third kappa shape index (κ3) is 6.57. The molecule has 0 aromatic heterocycles. The first-order valence-electron chi connectivity index (χ1n) is 7.11. The Balaban J connectivity index is 0.00000361. The van der Waals surface area contributed by atoms with Gasteiger partial charge in [-0.15, -0.1) is 12.4 Å². The highest BCUT2D eigenvalue weighted by atomic mass is 35.5. The van der Waals surface area contributed by atoms with Crippen LogP contribution >= 0.6 is 12.4 Å². The van der Waals surface area contributed by atoms with Gasteiger partial charge in [0, 0.05) is 31.0 Å². The molecule has 0 aromatic rings. The van der Waals surface area contributed by atoms with E-state index >= 15 is 0 Å². The summed E-state index contributed by atoms with van der Waals surface area (Å²) in [5, 5.41) is 5.63. The molecule has 118 valence electrons. The van der Waals surface area contributed by atoms with Crippen LogP contribution in [-0.2, 0) is 9.59 Å². The summed E-state index contributed by atoms with van der Waals surface area (Å²) in [5.41, 5.74) is 5.54. The van der Waals surface area contributed by atoms with E-state index in [1.165, 1.54) is 0 Å². The molecule has 0 saturated heterocycles. The normalized spacial score (nSPS) is 22.0. The first kappa shape index (κ1) is 19.2. The predicted octanol–water partition coefficient (Wildman–Crippen LogP) is 1.20. The van der Waals surface area contributed by atoms with E-state index in [1.54, 1.807) is 0 Å². The monoisotopic (exact) mass is 305 g/mol. The molecular weight excluding hydrogens is 278 g/mol. The van der Waals surface area contributed by atoms with Crippen LogP contribution in [0.2, 0.25) is 0 Å². The summed E-state index contributed by atoms with van der Waals surface area (Å²) in [6.07, 6.45) is 3.71. The van der Waals surface area contributed by atoms with E-state index in [2.05, 4.69) is 10.6 Å². The summed E-state index contributed by atoms with van der Waals surface area (Å²) in [4.78, 5) is 23.3. The molecule has 0 aliphatic heterocycles. The highest BCUT2D eigenvalue weighted by Crippen LogP contribution is 2.26. The van der Waals surface area contributed by atoms with Gasteiger partial charge in [-0.2, -0.15) is 0 Å². The molecule has 1 saturated carbocycles. The van der Waals surface area contributed by atoms with Gasteiger partial charge in [-0.1, -0.05) is 27.2 Å². The average Bonchev–Trinajstić information content (AvgIpc) is 2.69. The van der Waals surface area contributed by atoms with E-state index in [4.69, 9.17) is 5.73 Å². The van der Waals surface area contributed by atoms with Gasteiger partial charge in [0.05, 0.1) is 0 Å². The van der Waals surface area contributed by atoms with Crippen molar-refractivity contribution in [3.63, 3.8) is 0 Å². The lowest BCUT2D eigenvalue weighted by atomic mass is 9.96. The van der Waals surface area contributed by atoms with Gasteiger partial charge in [0.15, 0.2) is 0 Å². The van der Waals surface area contributed by atoms with Crippen molar-refractivity contribution in [3.8, 4) is 0 Å². The van der Waals surface area contributed by atoms with E-state index in [9.17, 15) is 9.59 Å². The minimum Gasteiger partial charge on any atom is -0.354 e. The number of amides is 2. The molecule has 0 aromatic carbocycles. The number of hydrogen-bond acceptors (Lipinski definition) is 3. The quantitative estimate of drug-likeness (QED) is 0.667. The highest BCUT2D eigenvalue weighted by molar-refractivity contribution is 5.85. The van der Waals surface area contributed by atoms with Crippen LogP contribution in [0.1, 0.15) is 46.5 Å². The molecule has 0 radical (unpaired) electrons. The van der Waals surface area contributed by atoms with Crippen molar-refractivity contribution in [1.29, 1.82) is 0 Å². The zero-order chi connectivity index (χ0) is 14.5. The lowest BCUT2D eigenvalue weighted by Crippen LogP contribution is -2.40. The minimum absolute atomic E-state index is 0. The maximum Gasteiger partial charge on any atom is 0.225 e. The summed E-state index contributed by atoms with van der Waals surface area (Å²) in [6, 6.07) is 0.173. The summed E-state index contributed by atoms with van der Waals surface area (Å²) < 4.78 is 0. The van der Waals surface area contributed by atoms with Gasteiger partial charge < -0.3 is 16.4 Å². The zero-order valence-electron chi connectivity index (χ0n) is 12.7. The molecule has 0 heterocycles. The van der Waals surface area contributed by atoms with Crippen LogP contribution in [-0.4, -0.2) is 30.9 Å². The minimum atomic E-state index is -0.388. The molecule has 20 heavy (non-hydrogen) atoms. The van der Waals surface area contributed by atoms with Crippen LogP contribution in [0.4, 0.5) is 0 Å². The highest BCUT2D eigenvalue weighted by Gasteiger charge is 2.26. The summed E-state index contributed by atoms with van der Waals surface area (Å²) >= 11 is 0. The van der Waals surface area contributed by atoms with Crippen molar-refractivity contribution < 1.29 is 9.59 Å². The molecule has 5 nitrogen and oxygen atoms in total. The van der Waals surface area contributed by atoms with Crippen LogP contribution in [0.15, 0.2) is 0 Å². The second-order valence-electron chi connectivity index (χ2n) is 6.41. The van der Waals surface area contributed by atoms with E-state index < -0.39 is 0 Å². The van der Waals surface area contributed by atoms with Gasteiger partial charge in [-0.25, -0.2) is 0 Å². The Kier molecular flexibility index (Phi) is 8.13. The van der Waals surface area contributed by atoms with Gasteiger partial charge in [-0.3, -0.25) is 9.59 Å². The Labute approximate surface area is 127 Å². The van der Waals surface area contributed by atoms with Crippen LogP contribution in [0.5, 0.6) is 0 Å². The Bertz CT molecular complexity index is 329. The van der Waals surface area contributed by atoms with Crippen molar-refractivity contribution in [2.45, 2.75) is 52.5 Å². The molecule has 0 unspecified atom stereocenters. The molecule has 1 fully saturated rings. The molecule has 1 aliphatic rings. The Hall–Kier alpha value is -0.810. The van der Waals surface area contributed by atoms with Gasteiger partial charge >= 0.3 is 0 Å². The van der Waals surface area contributed by atoms with Crippen LogP contribution in [0.25, 0.3) is 0 Å². The number of rotatable bonds is 5. The molecular formula is C14H28ClN3O2. The number of nitrogens with one attached hydrogen (secondary N) is 2. The maximum absolute atomic E-state index is 11.7. The topological polar surface area (TPSA) is 84.2 Å². The van der Waals surface area contributed by atoms with E-state index in [0.717, 1.165) is 19.3 Å². The lowest BCUT2D eigenvalue weighted by molar-refractivity contribution is -0.128. The molecule has 0 bridgehead atoms. The van der Waals surface area contributed by atoms with E-state index in [1.807, 2.05) is 20.8 Å². The third-order valence-corrected chi connectivity index (χ3v) is 3.58. The van der Waals surface area contributed by atoms with Crippen molar-refractivity contribution >= 4 is 24.2 Å². The van der Waals surface area contributed by atoms with Gasteiger partial charge in [0.2, 0.25) is 11.8 Å². The van der Waals surface area contributed by atoms with Crippen LogP contribution < -0.4 is 16.4 Å². The first-order valence-corrected chi connectivity index (χ1v) is 7.11. The van der Waals surface area contributed by atoms with Gasteiger partial charge in [0.25, 0.3) is 0 Å². The van der Waals surface area contributed by atoms with Crippen molar-refractivity contribution in [3.05, 3.63) is 0 Å². The third-order valence-electron chi connectivity index (χ3n) is 3.58. The molecule has 1 aliphatic carbocycles. The smallest absolute Gasteiger partial charge is 0.225 e. The summed E-state index contributed by atoms with van der Waals surface area (Å²) in [5.74, 6) is 0.357. The van der Waals surface area contributed by atoms with Crippen molar-refractivity contribution in [1.82, 2.24) is 10.6 Å². The van der Waals surface area contributed by atoms with Crippen LogP contribution in [0, 0.1) is 11.3 Å². The first-order chi connectivity index (χ1) is 8.80.